The first kappa shape index (κ1) is 14.9. The SMILES string of the molecule is C=CC(=O)[O-].CCc1ccc2ccccc2c1CO. The zero-order chi connectivity index (χ0) is 14.3. The molecule has 0 aliphatic rings. The van der Waals surface area contributed by atoms with Crippen molar-refractivity contribution < 1.29 is 15.0 Å². The second-order valence-electron chi connectivity index (χ2n) is 3.96. The van der Waals surface area contributed by atoms with Gasteiger partial charge in [0.05, 0.1) is 12.6 Å². The van der Waals surface area contributed by atoms with Gasteiger partial charge in [0, 0.05) is 0 Å². The smallest absolute Gasteiger partial charge is 0.0690 e. The molecule has 0 radical (unpaired) electrons. The predicted molar refractivity (Wildman–Crippen MR) is 74.5 cm³/mol. The fourth-order valence-corrected chi connectivity index (χ4v) is 1.90. The number of carbonyl (C=O) groups excluding carboxylic acids is 1. The Hall–Kier alpha value is -2.13. The molecule has 2 rings (SSSR count). The van der Waals surface area contributed by atoms with Crippen LogP contribution in [0.3, 0.4) is 0 Å². The topological polar surface area (TPSA) is 60.4 Å². The molecule has 0 fully saturated rings. The maximum atomic E-state index is 9.35. The summed E-state index contributed by atoms with van der Waals surface area (Å²) < 4.78 is 0. The van der Waals surface area contributed by atoms with Crippen LogP contribution in [-0.2, 0) is 17.8 Å². The second-order valence-corrected chi connectivity index (χ2v) is 3.96. The fraction of sp³-hybridized carbons (Fsp3) is 0.188. The van der Waals surface area contributed by atoms with E-state index in [-0.39, 0.29) is 6.61 Å². The zero-order valence-electron chi connectivity index (χ0n) is 10.9. The first-order chi connectivity index (χ1) is 9.13. The van der Waals surface area contributed by atoms with Gasteiger partial charge in [-0.3, -0.25) is 0 Å². The Balaban J connectivity index is 0.000000312. The quantitative estimate of drug-likeness (QED) is 0.853. The minimum atomic E-state index is -1.23. The second kappa shape index (κ2) is 7.34. The number of aliphatic hydroxyl groups is 1. The predicted octanol–water partition coefficient (Wildman–Crippen LogP) is 1.82. The monoisotopic (exact) mass is 257 g/mol. The average Bonchev–Trinajstić information content (AvgIpc) is 2.46. The average molecular weight is 257 g/mol. The van der Waals surface area contributed by atoms with E-state index in [2.05, 4.69) is 37.8 Å². The molecular weight excluding hydrogens is 240 g/mol. The Morgan fingerprint density at radius 1 is 1.32 bits per heavy atom. The van der Waals surface area contributed by atoms with E-state index in [4.69, 9.17) is 9.90 Å². The molecule has 0 unspecified atom stereocenters. The van der Waals surface area contributed by atoms with E-state index in [0.29, 0.717) is 0 Å². The Bertz CT molecular complexity index is 573. The van der Waals surface area contributed by atoms with Crippen molar-refractivity contribution in [2.24, 2.45) is 0 Å². The molecule has 2 aromatic carbocycles. The number of carboxylic acid groups (broad SMARTS) is 1. The lowest BCUT2D eigenvalue weighted by atomic mass is 9.98. The van der Waals surface area contributed by atoms with Crippen LogP contribution in [0.4, 0.5) is 0 Å². The van der Waals surface area contributed by atoms with Gasteiger partial charge >= 0.3 is 0 Å². The lowest BCUT2D eigenvalue weighted by molar-refractivity contribution is -0.297. The molecule has 0 atom stereocenters. The van der Waals surface area contributed by atoms with E-state index < -0.39 is 5.97 Å². The van der Waals surface area contributed by atoms with Crippen LogP contribution in [0.25, 0.3) is 10.8 Å². The van der Waals surface area contributed by atoms with Gasteiger partial charge in [-0.25, -0.2) is 0 Å². The van der Waals surface area contributed by atoms with Gasteiger partial charge < -0.3 is 15.0 Å². The molecule has 0 aromatic heterocycles. The van der Waals surface area contributed by atoms with E-state index in [1.165, 1.54) is 16.3 Å². The van der Waals surface area contributed by atoms with Gasteiger partial charge in [-0.1, -0.05) is 49.9 Å². The van der Waals surface area contributed by atoms with Crippen molar-refractivity contribution in [1.29, 1.82) is 0 Å². The summed E-state index contributed by atoms with van der Waals surface area (Å²) in [5.74, 6) is -1.23. The number of rotatable bonds is 3. The fourth-order valence-electron chi connectivity index (χ4n) is 1.90. The number of carboxylic acids is 1. The molecule has 0 amide bonds. The summed E-state index contributed by atoms with van der Waals surface area (Å²) in [4.78, 5) is 9.14. The number of fused-ring (bicyclic) bond motifs is 1. The molecule has 19 heavy (non-hydrogen) atoms. The lowest BCUT2D eigenvalue weighted by Crippen LogP contribution is -2.17. The highest BCUT2D eigenvalue weighted by atomic mass is 16.4. The van der Waals surface area contributed by atoms with E-state index in [9.17, 15) is 5.11 Å². The Kier molecular flexibility index (Phi) is 5.76. The molecule has 100 valence electrons. The molecule has 0 aliphatic heterocycles. The number of benzene rings is 2. The third-order valence-corrected chi connectivity index (χ3v) is 2.84. The summed E-state index contributed by atoms with van der Waals surface area (Å²) in [5, 5.41) is 20.9. The molecular formula is C16H17O3-. The normalized spacial score (nSPS) is 9.58. The first-order valence-corrected chi connectivity index (χ1v) is 6.07. The molecule has 0 aliphatic carbocycles. The van der Waals surface area contributed by atoms with Gasteiger partial charge in [-0.05, 0) is 34.4 Å². The van der Waals surface area contributed by atoms with Crippen LogP contribution in [-0.4, -0.2) is 11.1 Å². The van der Waals surface area contributed by atoms with Crippen molar-refractivity contribution in [2.75, 3.05) is 0 Å². The molecule has 0 heterocycles. The number of aryl methyl sites for hydroxylation is 1. The Morgan fingerprint density at radius 3 is 2.47 bits per heavy atom. The summed E-state index contributed by atoms with van der Waals surface area (Å²) in [6.45, 7) is 5.14. The summed E-state index contributed by atoms with van der Waals surface area (Å²) in [5.41, 5.74) is 2.32. The maximum absolute atomic E-state index is 9.35. The summed E-state index contributed by atoms with van der Waals surface area (Å²) in [6.07, 6.45) is 1.70. The van der Waals surface area contributed by atoms with Gasteiger partial charge in [0.15, 0.2) is 0 Å². The van der Waals surface area contributed by atoms with E-state index in [0.717, 1.165) is 18.1 Å². The van der Waals surface area contributed by atoms with Crippen LogP contribution in [0.1, 0.15) is 18.1 Å². The lowest BCUT2D eigenvalue weighted by Gasteiger charge is -2.08. The molecule has 0 bridgehead atoms. The van der Waals surface area contributed by atoms with E-state index >= 15 is 0 Å². The van der Waals surface area contributed by atoms with Crippen molar-refractivity contribution in [3.05, 3.63) is 60.2 Å². The molecule has 0 saturated carbocycles. The highest BCUT2D eigenvalue weighted by Gasteiger charge is 2.04. The van der Waals surface area contributed by atoms with Gasteiger partial charge in [0.25, 0.3) is 0 Å². The van der Waals surface area contributed by atoms with Crippen molar-refractivity contribution in [3.8, 4) is 0 Å². The highest BCUT2D eigenvalue weighted by molar-refractivity contribution is 5.86. The van der Waals surface area contributed by atoms with Gasteiger partial charge in [0.2, 0.25) is 0 Å². The number of hydrogen-bond acceptors (Lipinski definition) is 3. The van der Waals surface area contributed by atoms with E-state index in [1.54, 1.807) is 0 Å². The Morgan fingerprint density at radius 2 is 1.95 bits per heavy atom. The van der Waals surface area contributed by atoms with Crippen LogP contribution in [0.5, 0.6) is 0 Å². The van der Waals surface area contributed by atoms with Crippen LogP contribution < -0.4 is 5.11 Å². The van der Waals surface area contributed by atoms with Gasteiger partial charge in [-0.2, -0.15) is 0 Å². The van der Waals surface area contributed by atoms with Crippen molar-refractivity contribution in [2.45, 2.75) is 20.0 Å². The minimum Gasteiger partial charge on any atom is -0.545 e. The number of aliphatic hydroxyl groups excluding tert-OH is 1. The van der Waals surface area contributed by atoms with Crippen LogP contribution in [0, 0.1) is 0 Å². The van der Waals surface area contributed by atoms with Gasteiger partial charge in [-0.15, -0.1) is 0 Å². The maximum Gasteiger partial charge on any atom is 0.0690 e. The molecule has 0 spiro atoms. The molecule has 3 nitrogen and oxygen atoms in total. The summed E-state index contributed by atoms with van der Waals surface area (Å²) in [7, 11) is 0. The largest absolute Gasteiger partial charge is 0.545 e. The first-order valence-electron chi connectivity index (χ1n) is 6.07. The third kappa shape index (κ3) is 3.93. The van der Waals surface area contributed by atoms with E-state index in [1.807, 2.05) is 12.1 Å². The van der Waals surface area contributed by atoms with Crippen molar-refractivity contribution in [3.63, 3.8) is 0 Å². The molecule has 3 heteroatoms. The van der Waals surface area contributed by atoms with Crippen LogP contribution >= 0.6 is 0 Å². The third-order valence-electron chi connectivity index (χ3n) is 2.84. The number of carbonyl (C=O) groups is 1. The van der Waals surface area contributed by atoms with Crippen molar-refractivity contribution >= 4 is 16.7 Å². The molecule has 0 saturated heterocycles. The Labute approximate surface area is 112 Å². The van der Waals surface area contributed by atoms with Crippen molar-refractivity contribution in [1.82, 2.24) is 0 Å². The van der Waals surface area contributed by atoms with Crippen LogP contribution in [0.15, 0.2) is 49.1 Å². The molecule has 2 aromatic rings. The highest BCUT2D eigenvalue weighted by Crippen LogP contribution is 2.22. The van der Waals surface area contributed by atoms with Gasteiger partial charge in [0.1, 0.15) is 0 Å². The summed E-state index contributed by atoms with van der Waals surface area (Å²) in [6, 6.07) is 12.4. The number of aliphatic carboxylic acids is 1. The molecule has 1 N–H and O–H groups in total. The minimum absolute atomic E-state index is 0.129. The zero-order valence-corrected chi connectivity index (χ0v) is 10.9. The number of hydrogen-bond donors (Lipinski definition) is 1. The van der Waals surface area contributed by atoms with Crippen LogP contribution in [0.2, 0.25) is 0 Å². The summed E-state index contributed by atoms with van der Waals surface area (Å²) >= 11 is 0. The standard InChI is InChI=1S/C13H14O.C3H4O2/c1-2-10-7-8-11-5-3-4-6-12(11)13(10)9-14;1-2-3(4)5/h3-8,14H,2,9H2,1H3;2H,1H2,(H,4,5)/p-1.